The number of anilines is 3. The molecule has 0 saturated carbocycles. The number of amides is 1. The van der Waals surface area contributed by atoms with Crippen molar-refractivity contribution in [1.29, 1.82) is 0 Å². The molecule has 3 aromatic rings. The first-order chi connectivity index (χ1) is 12.5. The number of Topliss-reactive ketones (excluding diaryl/α,β-unsaturated/α-hetero) is 1. The number of carbonyl (C=O) groups is 2. The Morgan fingerprint density at radius 3 is 2.27 bits per heavy atom. The highest BCUT2D eigenvalue weighted by atomic mass is 35.5. The standard InChI is InChI=1S/C19H15ClN4O2/c1-12(25)13-4-3-7-16(11-13)21-17-8-9-18(24-23-17)22-19(26)14-5-2-6-15(20)10-14/h2-11H,1H3,(H,21,23)(H,22,24,26). The van der Waals surface area contributed by atoms with Gasteiger partial charge >= 0.3 is 0 Å². The number of nitrogens with one attached hydrogen (secondary N) is 2. The lowest BCUT2D eigenvalue weighted by Crippen LogP contribution is -2.13. The molecule has 0 aliphatic rings. The van der Waals surface area contributed by atoms with Crippen molar-refractivity contribution < 1.29 is 9.59 Å². The van der Waals surface area contributed by atoms with E-state index in [2.05, 4.69) is 20.8 Å². The summed E-state index contributed by atoms with van der Waals surface area (Å²) in [7, 11) is 0. The molecular weight excluding hydrogens is 352 g/mol. The number of rotatable bonds is 5. The minimum atomic E-state index is -0.323. The third-order valence-corrected chi connectivity index (χ3v) is 3.77. The summed E-state index contributed by atoms with van der Waals surface area (Å²) in [5.41, 5.74) is 1.76. The Hall–Kier alpha value is -3.25. The van der Waals surface area contributed by atoms with Crippen molar-refractivity contribution in [2.75, 3.05) is 10.6 Å². The maximum absolute atomic E-state index is 12.2. The molecule has 1 aromatic heterocycles. The Kier molecular flexibility index (Phi) is 5.24. The van der Waals surface area contributed by atoms with Crippen molar-refractivity contribution in [2.45, 2.75) is 6.92 Å². The Morgan fingerprint density at radius 1 is 0.885 bits per heavy atom. The highest BCUT2D eigenvalue weighted by molar-refractivity contribution is 6.31. The van der Waals surface area contributed by atoms with Crippen LogP contribution in [0.2, 0.25) is 5.02 Å². The predicted octanol–water partition coefficient (Wildman–Crippen LogP) is 4.33. The number of nitrogens with zero attached hydrogens (tertiary/aromatic N) is 2. The molecule has 26 heavy (non-hydrogen) atoms. The second kappa shape index (κ2) is 7.76. The van der Waals surface area contributed by atoms with Crippen LogP contribution >= 0.6 is 11.6 Å². The molecule has 0 atom stereocenters. The van der Waals surface area contributed by atoms with Gasteiger partial charge in [-0.3, -0.25) is 9.59 Å². The first-order valence-corrected chi connectivity index (χ1v) is 8.18. The lowest BCUT2D eigenvalue weighted by molar-refractivity contribution is 0.101. The van der Waals surface area contributed by atoms with Gasteiger partial charge < -0.3 is 10.6 Å². The van der Waals surface area contributed by atoms with Gasteiger partial charge in [-0.15, -0.1) is 10.2 Å². The van der Waals surface area contributed by atoms with Gasteiger partial charge in [-0.25, -0.2) is 0 Å². The largest absolute Gasteiger partial charge is 0.339 e. The van der Waals surface area contributed by atoms with E-state index in [1.807, 2.05) is 6.07 Å². The van der Waals surface area contributed by atoms with Gasteiger partial charge in [-0.2, -0.15) is 0 Å². The molecule has 7 heteroatoms. The van der Waals surface area contributed by atoms with Crippen LogP contribution < -0.4 is 10.6 Å². The molecule has 3 rings (SSSR count). The van der Waals surface area contributed by atoms with Crippen molar-refractivity contribution >= 4 is 40.6 Å². The van der Waals surface area contributed by atoms with Crippen molar-refractivity contribution in [3.63, 3.8) is 0 Å². The minimum Gasteiger partial charge on any atom is -0.339 e. The molecule has 0 aliphatic heterocycles. The van der Waals surface area contributed by atoms with E-state index in [-0.39, 0.29) is 11.7 Å². The Morgan fingerprint density at radius 2 is 1.58 bits per heavy atom. The molecule has 0 aliphatic carbocycles. The fourth-order valence-electron chi connectivity index (χ4n) is 2.25. The zero-order chi connectivity index (χ0) is 18.5. The molecule has 0 spiro atoms. The topological polar surface area (TPSA) is 84.0 Å². The first kappa shape index (κ1) is 17.6. The summed E-state index contributed by atoms with van der Waals surface area (Å²) in [6, 6.07) is 17.0. The van der Waals surface area contributed by atoms with E-state index in [9.17, 15) is 9.59 Å². The molecule has 2 aromatic carbocycles. The zero-order valence-corrected chi connectivity index (χ0v) is 14.6. The smallest absolute Gasteiger partial charge is 0.256 e. The minimum absolute atomic E-state index is 0.0150. The van der Waals surface area contributed by atoms with E-state index in [0.29, 0.717) is 27.8 Å². The first-order valence-electron chi connectivity index (χ1n) is 7.80. The van der Waals surface area contributed by atoms with Crippen LogP contribution in [0.4, 0.5) is 17.3 Å². The lowest BCUT2D eigenvalue weighted by atomic mass is 10.1. The van der Waals surface area contributed by atoms with Gasteiger partial charge in [0.25, 0.3) is 5.91 Å². The Balaban J connectivity index is 1.68. The predicted molar refractivity (Wildman–Crippen MR) is 101 cm³/mol. The third kappa shape index (κ3) is 4.43. The quantitative estimate of drug-likeness (QED) is 0.656. The van der Waals surface area contributed by atoms with Gasteiger partial charge in [0, 0.05) is 21.8 Å². The van der Waals surface area contributed by atoms with Crippen molar-refractivity contribution in [2.24, 2.45) is 0 Å². The average molecular weight is 367 g/mol. The highest BCUT2D eigenvalue weighted by Gasteiger charge is 2.08. The maximum Gasteiger partial charge on any atom is 0.256 e. The van der Waals surface area contributed by atoms with Gasteiger partial charge in [0.2, 0.25) is 0 Å². The fourth-order valence-corrected chi connectivity index (χ4v) is 2.44. The van der Waals surface area contributed by atoms with E-state index >= 15 is 0 Å². The Bertz CT molecular complexity index is 958. The third-order valence-electron chi connectivity index (χ3n) is 3.53. The molecule has 1 amide bonds. The summed E-state index contributed by atoms with van der Waals surface area (Å²) >= 11 is 5.88. The van der Waals surface area contributed by atoms with Gasteiger partial charge in [0.05, 0.1) is 0 Å². The van der Waals surface area contributed by atoms with Crippen LogP contribution in [-0.2, 0) is 0 Å². The number of ketones is 1. The molecular formula is C19H15ClN4O2. The van der Waals surface area contributed by atoms with Crippen molar-refractivity contribution in [3.8, 4) is 0 Å². The van der Waals surface area contributed by atoms with Crippen LogP contribution in [0.5, 0.6) is 0 Å². The second-order valence-electron chi connectivity index (χ2n) is 5.53. The summed E-state index contributed by atoms with van der Waals surface area (Å²) in [6.07, 6.45) is 0. The summed E-state index contributed by atoms with van der Waals surface area (Å²) in [4.78, 5) is 23.6. The molecule has 2 N–H and O–H groups in total. The second-order valence-corrected chi connectivity index (χ2v) is 5.97. The number of benzene rings is 2. The summed E-state index contributed by atoms with van der Waals surface area (Å²) in [5, 5.41) is 14.2. The Labute approximate surface area is 155 Å². The number of aromatic nitrogens is 2. The van der Waals surface area contributed by atoms with Crippen molar-refractivity contribution in [3.05, 3.63) is 76.8 Å². The van der Waals surface area contributed by atoms with Crippen LogP contribution in [0.25, 0.3) is 0 Å². The number of hydrogen-bond donors (Lipinski definition) is 2. The molecule has 1 heterocycles. The van der Waals surface area contributed by atoms with Crippen LogP contribution in [0, 0.1) is 0 Å². The van der Waals surface area contributed by atoms with Crippen LogP contribution in [0.15, 0.2) is 60.7 Å². The summed E-state index contributed by atoms with van der Waals surface area (Å²) < 4.78 is 0. The molecule has 0 saturated heterocycles. The monoisotopic (exact) mass is 366 g/mol. The maximum atomic E-state index is 12.2. The normalized spacial score (nSPS) is 10.2. The highest BCUT2D eigenvalue weighted by Crippen LogP contribution is 2.17. The SMILES string of the molecule is CC(=O)c1cccc(Nc2ccc(NC(=O)c3cccc(Cl)c3)nn2)c1. The number of carbonyl (C=O) groups excluding carboxylic acids is 2. The van der Waals surface area contributed by atoms with Crippen LogP contribution in [0.1, 0.15) is 27.6 Å². The molecule has 130 valence electrons. The van der Waals surface area contributed by atoms with Gasteiger partial charge in [0.1, 0.15) is 0 Å². The molecule has 6 nitrogen and oxygen atoms in total. The van der Waals surface area contributed by atoms with Crippen LogP contribution in [-0.4, -0.2) is 21.9 Å². The van der Waals surface area contributed by atoms with Crippen molar-refractivity contribution in [1.82, 2.24) is 10.2 Å². The van der Waals surface area contributed by atoms with E-state index in [4.69, 9.17) is 11.6 Å². The fraction of sp³-hybridized carbons (Fsp3) is 0.0526. The number of halogens is 1. The van der Waals surface area contributed by atoms with Gasteiger partial charge in [-0.05, 0) is 49.4 Å². The van der Waals surface area contributed by atoms with Gasteiger partial charge in [0.15, 0.2) is 17.4 Å². The van der Waals surface area contributed by atoms with Crippen LogP contribution in [0.3, 0.4) is 0 Å². The molecule has 0 fully saturated rings. The van der Waals surface area contributed by atoms with E-state index in [0.717, 1.165) is 5.69 Å². The summed E-state index contributed by atoms with van der Waals surface area (Å²) in [6.45, 7) is 1.51. The molecule has 0 bridgehead atoms. The average Bonchev–Trinajstić information content (AvgIpc) is 2.63. The van der Waals surface area contributed by atoms with E-state index in [1.54, 1.807) is 54.6 Å². The lowest BCUT2D eigenvalue weighted by Gasteiger charge is -2.08. The summed E-state index contributed by atoms with van der Waals surface area (Å²) in [5.74, 6) is 0.472. The zero-order valence-electron chi connectivity index (χ0n) is 13.9. The van der Waals surface area contributed by atoms with Gasteiger partial charge in [-0.1, -0.05) is 29.8 Å². The molecule has 0 unspecified atom stereocenters. The van der Waals surface area contributed by atoms with E-state index < -0.39 is 0 Å². The van der Waals surface area contributed by atoms with E-state index in [1.165, 1.54) is 6.92 Å². The number of hydrogen-bond acceptors (Lipinski definition) is 5. The molecule has 0 radical (unpaired) electrons.